The van der Waals surface area contributed by atoms with Gasteiger partial charge >= 0.3 is 5.97 Å². The first-order valence-corrected chi connectivity index (χ1v) is 10.7. The van der Waals surface area contributed by atoms with Crippen LogP contribution in [0, 0.1) is 0 Å². The van der Waals surface area contributed by atoms with Gasteiger partial charge in [0.05, 0.1) is 6.42 Å². The van der Waals surface area contributed by atoms with E-state index in [1.165, 1.54) is 6.08 Å². The average Bonchev–Trinajstić information content (AvgIpc) is 2.76. The van der Waals surface area contributed by atoms with Gasteiger partial charge in [-0.3, -0.25) is 9.59 Å². The van der Waals surface area contributed by atoms with Crippen molar-refractivity contribution in [3.63, 3.8) is 0 Å². The second-order valence-electron chi connectivity index (χ2n) is 7.45. The van der Waals surface area contributed by atoms with E-state index < -0.39 is 5.97 Å². The minimum atomic E-state index is -1.00. The Morgan fingerprint density at radius 2 is 1.70 bits per heavy atom. The summed E-state index contributed by atoms with van der Waals surface area (Å²) in [5, 5.41) is 12.7. The van der Waals surface area contributed by atoms with Crippen molar-refractivity contribution in [2.45, 2.75) is 12.8 Å². The number of carbonyl (C=O) groups is 2. The summed E-state index contributed by atoms with van der Waals surface area (Å²) in [6, 6.07) is 14.5. The molecule has 0 saturated carbocycles. The Labute approximate surface area is 201 Å². The fourth-order valence-corrected chi connectivity index (χ4v) is 3.43. The first-order valence-electron chi connectivity index (χ1n) is 9.99. The maximum absolute atomic E-state index is 12.2. The molecular formula is C24H22Cl2N4O3. The van der Waals surface area contributed by atoms with E-state index in [2.05, 4.69) is 15.3 Å². The van der Waals surface area contributed by atoms with E-state index in [0.717, 1.165) is 11.1 Å². The molecule has 0 aliphatic carbocycles. The molecule has 2 aromatic carbocycles. The van der Waals surface area contributed by atoms with E-state index in [1.807, 2.05) is 24.3 Å². The van der Waals surface area contributed by atoms with Crippen LogP contribution in [0.4, 0.5) is 11.5 Å². The molecule has 0 aliphatic rings. The standard InChI is InChI=1S/C24H22Cl2N4O3/c1-30(2)24-19(14-22(32)33)23(26)28-20(29-24)13-16-5-10-18(11-6-16)27-21(31)12-7-15-3-8-17(25)9-4-15/h3-12H,13-14H2,1-2H3,(H,27,31)(H,32,33). The van der Waals surface area contributed by atoms with Gasteiger partial charge in [-0.1, -0.05) is 47.5 Å². The summed E-state index contributed by atoms with van der Waals surface area (Å²) in [5.74, 6) is -0.307. The highest BCUT2D eigenvalue weighted by atomic mass is 35.5. The van der Waals surface area contributed by atoms with Gasteiger partial charge in [0.15, 0.2) is 0 Å². The number of hydrogen-bond donors (Lipinski definition) is 2. The van der Waals surface area contributed by atoms with E-state index in [9.17, 15) is 9.59 Å². The Hall–Kier alpha value is -3.42. The number of amides is 1. The number of nitrogens with one attached hydrogen (secondary N) is 1. The normalized spacial score (nSPS) is 10.9. The van der Waals surface area contributed by atoms with Crippen molar-refractivity contribution in [2.24, 2.45) is 0 Å². The van der Waals surface area contributed by atoms with E-state index >= 15 is 0 Å². The number of rotatable bonds is 8. The number of halogens is 2. The highest BCUT2D eigenvalue weighted by Gasteiger charge is 2.17. The van der Waals surface area contributed by atoms with Crippen LogP contribution in [0.3, 0.4) is 0 Å². The molecule has 1 aromatic heterocycles. The van der Waals surface area contributed by atoms with Crippen molar-refractivity contribution in [3.05, 3.63) is 87.3 Å². The Bertz CT molecular complexity index is 1180. The molecule has 0 bridgehead atoms. The predicted molar refractivity (Wildman–Crippen MR) is 131 cm³/mol. The number of hydrogen-bond acceptors (Lipinski definition) is 5. The number of benzene rings is 2. The molecule has 0 unspecified atom stereocenters. The molecule has 0 saturated heterocycles. The van der Waals surface area contributed by atoms with Crippen molar-refractivity contribution in [1.82, 2.24) is 9.97 Å². The predicted octanol–water partition coefficient (Wildman–Crippen LogP) is 4.72. The molecule has 170 valence electrons. The van der Waals surface area contributed by atoms with E-state index in [1.54, 1.807) is 49.3 Å². The van der Waals surface area contributed by atoms with E-state index in [-0.39, 0.29) is 17.5 Å². The Balaban J connectivity index is 1.67. The summed E-state index contributed by atoms with van der Waals surface area (Å²) < 4.78 is 0. The molecule has 33 heavy (non-hydrogen) atoms. The fraction of sp³-hybridized carbons (Fsp3) is 0.167. The quantitative estimate of drug-likeness (QED) is 0.354. The number of carboxylic acid groups (broad SMARTS) is 1. The third kappa shape index (κ3) is 7.03. The Morgan fingerprint density at radius 1 is 1.03 bits per heavy atom. The maximum atomic E-state index is 12.2. The summed E-state index contributed by atoms with van der Waals surface area (Å²) in [6.07, 6.45) is 3.30. The third-order valence-corrected chi connectivity index (χ3v) is 5.18. The fourth-order valence-electron chi connectivity index (χ4n) is 3.06. The van der Waals surface area contributed by atoms with Crippen LogP contribution in [0.15, 0.2) is 54.6 Å². The highest BCUT2D eigenvalue weighted by molar-refractivity contribution is 6.31. The zero-order valence-electron chi connectivity index (χ0n) is 18.0. The van der Waals surface area contributed by atoms with Crippen LogP contribution in [-0.2, 0) is 22.4 Å². The number of carboxylic acids is 1. The molecule has 9 heteroatoms. The molecule has 1 heterocycles. The number of aromatic nitrogens is 2. The number of aliphatic carboxylic acids is 1. The second-order valence-corrected chi connectivity index (χ2v) is 8.24. The monoisotopic (exact) mass is 484 g/mol. The summed E-state index contributed by atoms with van der Waals surface area (Å²) in [7, 11) is 3.54. The van der Waals surface area contributed by atoms with Crippen LogP contribution in [-0.4, -0.2) is 41.0 Å². The average molecular weight is 485 g/mol. The third-order valence-electron chi connectivity index (χ3n) is 4.61. The van der Waals surface area contributed by atoms with Crippen molar-refractivity contribution in [1.29, 1.82) is 0 Å². The largest absolute Gasteiger partial charge is 0.481 e. The topological polar surface area (TPSA) is 95.4 Å². The van der Waals surface area contributed by atoms with Crippen molar-refractivity contribution >= 4 is 52.7 Å². The molecule has 0 radical (unpaired) electrons. The lowest BCUT2D eigenvalue weighted by Gasteiger charge is -2.17. The van der Waals surface area contributed by atoms with Crippen molar-refractivity contribution in [3.8, 4) is 0 Å². The van der Waals surface area contributed by atoms with Crippen LogP contribution >= 0.6 is 23.2 Å². The van der Waals surface area contributed by atoms with E-state index in [0.29, 0.717) is 34.3 Å². The van der Waals surface area contributed by atoms with Gasteiger partial charge in [-0.05, 0) is 41.5 Å². The zero-order chi connectivity index (χ0) is 24.0. The van der Waals surface area contributed by atoms with Crippen molar-refractivity contribution in [2.75, 3.05) is 24.3 Å². The van der Waals surface area contributed by atoms with E-state index in [4.69, 9.17) is 28.3 Å². The second kappa shape index (κ2) is 10.9. The van der Waals surface area contributed by atoms with Crippen LogP contribution in [0.25, 0.3) is 6.08 Å². The Kier molecular flexibility index (Phi) is 8.03. The minimum absolute atomic E-state index is 0.127. The number of carbonyl (C=O) groups excluding carboxylic acids is 1. The molecule has 3 rings (SSSR count). The summed E-state index contributed by atoms with van der Waals surface area (Å²) >= 11 is 12.1. The van der Waals surface area contributed by atoms with Gasteiger partial charge in [-0.25, -0.2) is 9.97 Å². The molecule has 7 nitrogen and oxygen atoms in total. The summed E-state index contributed by atoms with van der Waals surface area (Å²) in [4.78, 5) is 33.8. The molecular weight excluding hydrogens is 463 g/mol. The first-order chi connectivity index (χ1) is 15.7. The van der Waals surface area contributed by atoms with Crippen LogP contribution in [0.5, 0.6) is 0 Å². The molecule has 1 amide bonds. The van der Waals surface area contributed by atoms with Gasteiger partial charge in [0.25, 0.3) is 0 Å². The van der Waals surface area contributed by atoms with Crippen LogP contribution in [0.2, 0.25) is 10.2 Å². The van der Waals surface area contributed by atoms with Gasteiger partial charge in [0.1, 0.15) is 16.8 Å². The Morgan fingerprint density at radius 3 is 2.30 bits per heavy atom. The molecule has 2 N–H and O–H groups in total. The van der Waals surface area contributed by atoms with Crippen LogP contribution in [0.1, 0.15) is 22.5 Å². The van der Waals surface area contributed by atoms with Gasteiger partial charge < -0.3 is 15.3 Å². The lowest BCUT2D eigenvalue weighted by atomic mass is 10.1. The molecule has 3 aromatic rings. The highest BCUT2D eigenvalue weighted by Crippen LogP contribution is 2.25. The van der Waals surface area contributed by atoms with Gasteiger partial charge in [-0.15, -0.1) is 0 Å². The maximum Gasteiger partial charge on any atom is 0.308 e. The molecule has 0 aliphatic heterocycles. The molecule has 0 fully saturated rings. The molecule has 0 spiro atoms. The smallest absolute Gasteiger partial charge is 0.308 e. The minimum Gasteiger partial charge on any atom is -0.481 e. The summed E-state index contributed by atoms with van der Waals surface area (Å²) in [6.45, 7) is 0. The number of anilines is 2. The first kappa shape index (κ1) is 24.2. The molecule has 0 atom stereocenters. The van der Waals surface area contributed by atoms with Gasteiger partial charge in [0, 0.05) is 42.9 Å². The lowest BCUT2D eigenvalue weighted by molar-refractivity contribution is -0.136. The van der Waals surface area contributed by atoms with Crippen LogP contribution < -0.4 is 10.2 Å². The lowest BCUT2D eigenvalue weighted by Crippen LogP contribution is -2.18. The van der Waals surface area contributed by atoms with Crippen molar-refractivity contribution < 1.29 is 14.7 Å². The number of nitrogens with zero attached hydrogens (tertiary/aromatic N) is 3. The van der Waals surface area contributed by atoms with Gasteiger partial charge in [0.2, 0.25) is 5.91 Å². The SMILES string of the molecule is CN(C)c1nc(Cc2ccc(NC(=O)C=Cc3ccc(Cl)cc3)cc2)nc(Cl)c1CC(=O)O. The van der Waals surface area contributed by atoms with Gasteiger partial charge in [-0.2, -0.15) is 0 Å². The zero-order valence-corrected chi connectivity index (χ0v) is 19.6. The summed E-state index contributed by atoms with van der Waals surface area (Å²) in [5.41, 5.74) is 2.81.